The molecule has 5 rings (SSSR count). The Morgan fingerprint density at radius 1 is 1.03 bits per heavy atom. The number of ether oxygens (including phenoxy) is 1. The lowest BCUT2D eigenvalue weighted by molar-refractivity contribution is -0.119. The molecule has 5 nitrogen and oxygen atoms in total. The van der Waals surface area contributed by atoms with E-state index in [9.17, 15) is 14.0 Å². The molecule has 0 aromatic heterocycles. The van der Waals surface area contributed by atoms with Crippen molar-refractivity contribution in [1.82, 2.24) is 4.90 Å². The minimum Gasteiger partial charge on any atom is -0.497 e. The third-order valence-electron chi connectivity index (χ3n) is 6.15. The Morgan fingerprint density at radius 2 is 1.78 bits per heavy atom. The van der Waals surface area contributed by atoms with Crippen LogP contribution in [0.25, 0.3) is 0 Å². The number of nitrogens with one attached hydrogen (secondary N) is 1. The summed E-state index contributed by atoms with van der Waals surface area (Å²) in [5.74, 6) is -0.619. The van der Waals surface area contributed by atoms with E-state index in [-0.39, 0.29) is 23.7 Å². The fraction of sp³-hybridized carbons (Fsp3) is 0.231. The van der Waals surface area contributed by atoms with Gasteiger partial charge in [0.25, 0.3) is 5.91 Å². The van der Waals surface area contributed by atoms with E-state index in [0.29, 0.717) is 22.6 Å². The van der Waals surface area contributed by atoms with Gasteiger partial charge in [-0.25, -0.2) is 4.39 Å². The second-order valence-corrected chi connectivity index (χ2v) is 8.23. The van der Waals surface area contributed by atoms with Gasteiger partial charge in [0.15, 0.2) is 0 Å². The van der Waals surface area contributed by atoms with Crippen molar-refractivity contribution < 1.29 is 18.7 Å². The SMILES string of the molecule is COc1cccc([C@H]2[C@H](C(=O)Nc3ccc(F)cc3)c3ccccc3C(=O)N2C2CC2)c1. The summed E-state index contributed by atoms with van der Waals surface area (Å²) in [6.07, 6.45) is 1.83. The second-order valence-electron chi connectivity index (χ2n) is 8.23. The minimum atomic E-state index is -0.623. The second kappa shape index (κ2) is 8.11. The number of nitrogens with zero attached hydrogens (tertiary/aromatic N) is 1. The lowest BCUT2D eigenvalue weighted by Crippen LogP contribution is -2.47. The topological polar surface area (TPSA) is 58.6 Å². The quantitative estimate of drug-likeness (QED) is 0.625. The molecule has 3 aromatic carbocycles. The fourth-order valence-corrected chi connectivity index (χ4v) is 4.52. The van der Waals surface area contributed by atoms with Crippen molar-refractivity contribution in [1.29, 1.82) is 0 Å². The van der Waals surface area contributed by atoms with Gasteiger partial charge in [-0.15, -0.1) is 0 Å². The number of carbonyl (C=O) groups excluding carboxylic acids is 2. The standard InChI is InChI=1S/C26H23FN2O3/c1-32-20-6-4-5-16(15-20)24-23(25(30)28-18-11-9-17(27)10-12-18)21-7-2-3-8-22(21)26(31)29(24)19-13-14-19/h2-12,15,19,23-24H,13-14H2,1H3,(H,28,30)/t23-,24+/m1/s1. The Morgan fingerprint density at radius 3 is 2.50 bits per heavy atom. The molecule has 1 aliphatic heterocycles. The molecule has 6 heteroatoms. The highest BCUT2D eigenvalue weighted by atomic mass is 19.1. The van der Waals surface area contributed by atoms with Gasteiger partial charge in [0.1, 0.15) is 11.6 Å². The number of benzene rings is 3. The first-order valence-electron chi connectivity index (χ1n) is 10.7. The van der Waals surface area contributed by atoms with Gasteiger partial charge < -0.3 is 15.0 Å². The van der Waals surface area contributed by atoms with Crippen LogP contribution in [-0.4, -0.2) is 29.9 Å². The molecule has 2 atom stereocenters. The molecule has 1 N–H and O–H groups in total. The van der Waals surface area contributed by atoms with Gasteiger partial charge in [0.05, 0.1) is 19.1 Å². The van der Waals surface area contributed by atoms with Crippen molar-refractivity contribution in [3.8, 4) is 5.75 Å². The Kier molecular flexibility index (Phi) is 5.13. The van der Waals surface area contributed by atoms with Crippen molar-refractivity contribution in [3.05, 3.63) is 95.3 Å². The van der Waals surface area contributed by atoms with Crippen LogP contribution in [0.5, 0.6) is 5.75 Å². The van der Waals surface area contributed by atoms with Crippen LogP contribution in [0.2, 0.25) is 0 Å². The molecule has 1 fully saturated rings. The van der Waals surface area contributed by atoms with Crippen molar-refractivity contribution in [2.75, 3.05) is 12.4 Å². The number of amides is 2. The monoisotopic (exact) mass is 430 g/mol. The Balaban J connectivity index is 1.63. The number of carbonyl (C=O) groups is 2. The van der Waals surface area contributed by atoms with E-state index < -0.39 is 12.0 Å². The van der Waals surface area contributed by atoms with Crippen LogP contribution in [0, 0.1) is 5.82 Å². The molecule has 0 saturated heterocycles. The Bertz CT molecular complexity index is 1170. The lowest BCUT2D eigenvalue weighted by Gasteiger charge is -2.42. The summed E-state index contributed by atoms with van der Waals surface area (Å²) in [4.78, 5) is 29.1. The number of rotatable bonds is 5. The average Bonchev–Trinajstić information content (AvgIpc) is 3.65. The Labute approximate surface area is 185 Å². The van der Waals surface area contributed by atoms with Crippen LogP contribution in [0.3, 0.4) is 0 Å². The maximum absolute atomic E-state index is 13.7. The minimum absolute atomic E-state index is 0.0539. The molecule has 0 bridgehead atoms. The largest absolute Gasteiger partial charge is 0.497 e. The number of hydrogen-bond donors (Lipinski definition) is 1. The van der Waals surface area contributed by atoms with E-state index in [4.69, 9.17) is 4.74 Å². The summed E-state index contributed by atoms with van der Waals surface area (Å²) in [6, 6.07) is 20.2. The summed E-state index contributed by atoms with van der Waals surface area (Å²) in [5, 5.41) is 2.93. The van der Waals surface area contributed by atoms with Gasteiger partial charge in [-0.2, -0.15) is 0 Å². The van der Waals surface area contributed by atoms with E-state index in [1.807, 2.05) is 47.4 Å². The highest BCUT2D eigenvalue weighted by molar-refractivity contribution is 6.04. The zero-order valence-corrected chi connectivity index (χ0v) is 17.6. The number of halogens is 1. The van der Waals surface area contributed by atoms with E-state index in [1.165, 1.54) is 24.3 Å². The molecular formula is C26H23FN2O3. The molecule has 0 spiro atoms. The third kappa shape index (κ3) is 3.62. The summed E-state index contributed by atoms with van der Waals surface area (Å²) in [5.41, 5.74) is 2.60. The maximum Gasteiger partial charge on any atom is 0.254 e. The Hall–Kier alpha value is -3.67. The summed E-state index contributed by atoms with van der Waals surface area (Å²) >= 11 is 0. The van der Waals surface area contributed by atoms with Gasteiger partial charge in [-0.05, 0) is 66.4 Å². The highest BCUT2D eigenvalue weighted by Crippen LogP contribution is 2.48. The van der Waals surface area contributed by atoms with E-state index in [2.05, 4.69) is 5.32 Å². The van der Waals surface area contributed by atoms with Gasteiger partial charge in [-0.3, -0.25) is 9.59 Å². The third-order valence-corrected chi connectivity index (χ3v) is 6.15. The molecule has 162 valence electrons. The van der Waals surface area contributed by atoms with Crippen LogP contribution in [0.4, 0.5) is 10.1 Å². The summed E-state index contributed by atoms with van der Waals surface area (Å²) in [7, 11) is 1.60. The molecule has 1 saturated carbocycles. The van der Waals surface area contributed by atoms with Gasteiger partial charge in [0.2, 0.25) is 5.91 Å². The van der Waals surface area contributed by atoms with Gasteiger partial charge >= 0.3 is 0 Å². The number of anilines is 1. The number of methoxy groups -OCH3 is 1. The average molecular weight is 430 g/mol. The summed E-state index contributed by atoms with van der Waals surface area (Å²) < 4.78 is 18.8. The van der Waals surface area contributed by atoms with E-state index in [1.54, 1.807) is 13.2 Å². The van der Waals surface area contributed by atoms with Crippen LogP contribution in [0.15, 0.2) is 72.8 Å². The highest BCUT2D eigenvalue weighted by Gasteiger charge is 2.49. The van der Waals surface area contributed by atoms with Crippen molar-refractivity contribution >= 4 is 17.5 Å². The molecule has 1 heterocycles. The summed E-state index contributed by atoms with van der Waals surface area (Å²) in [6.45, 7) is 0. The smallest absolute Gasteiger partial charge is 0.254 e. The molecule has 1 aliphatic carbocycles. The van der Waals surface area contributed by atoms with Crippen LogP contribution < -0.4 is 10.1 Å². The first kappa shape index (κ1) is 20.2. The lowest BCUT2D eigenvalue weighted by atomic mass is 9.79. The molecule has 3 aromatic rings. The zero-order valence-electron chi connectivity index (χ0n) is 17.6. The van der Waals surface area contributed by atoms with Crippen LogP contribution >= 0.6 is 0 Å². The molecular weight excluding hydrogens is 407 g/mol. The van der Waals surface area contributed by atoms with Crippen molar-refractivity contribution in [3.63, 3.8) is 0 Å². The first-order valence-corrected chi connectivity index (χ1v) is 10.7. The predicted octanol–water partition coefficient (Wildman–Crippen LogP) is 4.92. The van der Waals surface area contributed by atoms with Crippen LogP contribution in [0.1, 0.15) is 46.3 Å². The van der Waals surface area contributed by atoms with Crippen LogP contribution in [-0.2, 0) is 4.79 Å². The van der Waals surface area contributed by atoms with Gasteiger partial charge in [0, 0.05) is 17.3 Å². The molecule has 0 radical (unpaired) electrons. The number of hydrogen-bond acceptors (Lipinski definition) is 3. The van der Waals surface area contributed by atoms with E-state index >= 15 is 0 Å². The molecule has 0 unspecified atom stereocenters. The van der Waals surface area contributed by atoms with Crippen molar-refractivity contribution in [2.45, 2.75) is 30.8 Å². The first-order chi connectivity index (χ1) is 15.6. The van der Waals surface area contributed by atoms with Gasteiger partial charge in [-0.1, -0.05) is 30.3 Å². The number of fused-ring (bicyclic) bond motifs is 1. The molecule has 2 aliphatic rings. The van der Waals surface area contributed by atoms with Crippen molar-refractivity contribution in [2.24, 2.45) is 0 Å². The normalized spacial score (nSPS) is 19.9. The fourth-order valence-electron chi connectivity index (χ4n) is 4.52. The molecule has 2 amide bonds. The predicted molar refractivity (Wildman–Crippen MR) is 119 cm³/mol. The molecule has 32 heavy (non-hydrogen) atoms. The van der Waals surface area contributed by atoms with E-state index in [0.717, 1.165) is 18.4 Å². The zero-order chi connectivity index (χ0) is 22.2. The maximum atomic E-state index is 13.7.